The lowest BCUT2D eigenvalue weighted by atomic mass is 9.91. The normalized spacial score (nSPS) is 33.6. The van der Waals surface area contributed by atoms with Gasteiger partial charge in [-0.3, -0.25) is 0 Å². The molecule has 2 aliphatic rings. The maximum atomic E-state index is 12.3. The van der Waals surface area contributed by atoms with Crippen LogP contribution in [-0.4, -0.2) is 16.0 Å². The molecule has 0 radical (unpaired) electrons. The molecule has 0 unspecified atom stereocenters. The van der Waals surface area contributed by atoms with Crippen molar-refractivity contribution in [1.82, 2.24) is 0 Å². The van der Waals surface area contributed by atoms with Gasteiger partial charge in [0.1, 0.15) is 11.9 Å². The van der Waals surface area contributed by atoms with Gasteiger partial charge in [-0.1, -0.05) is 44.0 Å². The van der Waals surface area contributed by atoms with Crippen LogP contribution >= 0.6 is 31.9 Å². The van der Waals surface area contributed by atoms with E-state index < -0.39 is 12.5 Å². The number of alkyl halides is 5. The molecule has 1 aromatic rings. The number of ether oxygens (including phenoxy) is 2. The van der Waals surface area contributed by atoms with Gasteiger partial charge in [0, 0.05) is 5.56 Å². The summed E-state index contributed by atoms with van der Waals surface area (Å²) >= 11 is 6.92. The quantitative estimate of drug-likeness (QED) is 0.671. The Bertz CT molecular complexity index is 492. The molecule has 1 fully saturated rings. The third-order valence-corrected chi connectivity index (χ3v) is 5.90. The lowest BCUT2D eigenvalue weighted by molar-refractivity contribution is -0.275. The molecule has 2 heterocycles. The van der Waals surface area contributed by atoms with Crippen molar-refractivity contribution in [3.63, 3.8) is 0 Å². The first kappa shape index (κ1) is 12.7. The molecule has 1 aromatic carbocycles. The Morgan fingerprint density at radius 1 is 1.11 bits per heavy atom. The van der Waals surface area contributed by atoms with E-state index in [9.17, 15) is 13.2 Å². The fraction of sp³-hybridized carbons (Fsp3) is 0.455. The van der Waals surface area contributed by atoms with E-state index in [0.717, 1.165) is 5.56 Å². The van der Waals surface area contributed by atoms with Gasteiger partial charge >= 0.3 is 6.36 Å². The predicted molar refractivity (Wildman–Crippen MR) is 65.1 cm³/mol. The molecule has 0 N–H and O–H groups in total. The summed E-state index contributed by atoms with van der Waals surface area (Å²) < 4.78 is 46.8. The van der Waals surface area contributed by atoms with Crippen molar-refractivity contribution in [2.24, 2.45) is 0 Å². The van der Waals surface area contributed by atoms with Crippen LogP contribution in [-0.2, 0) is 4.74 Å². The Morgan fingerprint density at radius 2 is 1.78 bits per heavy atom. The van der Waals surface area contributed by atoms with E-state index in [-0.39, 0.29) is 21.5 Å². The van der Waals surface area contributed by atoms with Crippen molar-refractivity contribution in [1.29, 1.82) is 0 Å². The summed E-state index contributed by atoms with van der Waals surface area (Å²) in [6.07, 6.45) is -5.33. The molecule has 0 aromatic heterocycles. The van der Waals surface area contributed by atoms with Crippen LogP contribution in [0.5, 0.6) is 5.75 Å². The zero-order valence-electron chi connectivity index (χ0n) is 8.75. The number of rotatable bonds is 1. The summed E-state index contributed by atoms with van der Waals surface area (Å²) in [7, 11) is 0. The highest BCUT2D eigenvalue weighted by atomic mass is 79.9. The lowest BCUT2D eigenvalue weighted by Gasteiger charge is -2.23. The minimum atomic E-state index is -4.69. The molecule has 1 saturated heterocycles. The number of halogens is 5. The first-order chi connectivity index (χ1) is 8.38. The van der Waals surface area contributed by atoms with Gasteiger partial charge in [0.2, 0.25) is 0 Å². The predicted octanol–water partition coefficient (Wildman–Crippen LogP) is 4.24. The van der Waals surface area contributed by atoms with E-state index >= 15 is 0 Å². The third kappa shape index (κ3) is 1.87. The van der Waals surface area contributed by atoms with Crippen molar-refractivity contribution < 1.29 is 22.6 Å². The molecule has 3 rings (SSSR count). The Morgan fingerprint density at radius 3 is 2.44 bits per heavy atom. The first-order valence-corrected chi connectivity index (χ1v) is 7.04. The monoisotopic (exact) mass is 386 g/mol. The van der Waals surface area contributed by atoms with Crippen LogP contribution in [0, 0.1) is 0 Å². The molecule has 2 nitrogen and oxygen atoms in total. The molecule has 2 aliphatic heterocycles. The lowest BCUT2D eigenvalue weighted by Crippen LogP contribution is -2.24. The van der Waals surface area contributed by atoms with E-state index in [1.165, 1.54) is 6.07 Å². The molecule has 0 saturated carbocycles. The van der Waals surface area contributed by atoms with E-state index in [1.54, 1.807) is 12.1 Å². The standard InChI is InChI=1S/C11H7Br2F3O2/c12-7-8(13)10-6-4(9(7)17-10)2-1-3-5(6)18-11(14,15)16/h1-3,7-10H/t7-,8-,9+,10-/m0/s1. The molecule has 2 bridgehead atoms. The second-order valence-corrected chi connectivity index (χ2v) is 6.29. The van der Waals surface area contributed by atoms with Crippen molar-refractivity contribution in [3.05, 3.63) is 29.3 Å². The Kier molecular flexibility index (Phi) is 2.91. The van der Waals surface area contributed by atoms with Gasteiger partial charge in [-0.15, -0.1) is 13.2 Å². The summed E-state index contributed by atoms with van der Waals surface area (Å²) in [5.41, 5.74) is 1.26. The molecule has 98 valence electrons. The van der Waals surface area contributed by atoms with Gasteiger partial charge in [0.15, 0.2) is 0 Å². The molecular formula is C11H7Br2F3O2. The largest absolute Gasteiger partial charge is 0.573 e. The van der Waals surface area contributed by atoms with E-state index in [2.05, 4.69) is 36.6 Å². The zero-order chi connectivity index (χ0) is 13.1. The van der Waals surface area contributed by atoms with Gasteiger partial charge in [-0.2, -0.15) is 0 Å². The molecular weight excluding hydrogens is 381 g/mol. The van der Waals surface area contributed by atoms with Crippen LogP contribution in [0.15, 0.2) is 18.2 Å². The average Bonchev–Trinajstić information content (AvgIpc) is 2.76. The molecule has 0 aliphatic carbocycles. The summed E-state index contributed by atoms with van der Waals surface area (Å²) in [6, 6.07) is 4.64. The van der Waals surface area contributed by atoms with Gasteiger partial charge < -0.3 is 9.47 Å². The van der Waals surface area contributed by atoms with Crippen LogP contribution < -0.4 is 4.74 Å². The number of hydrogen-bond donors (Lipinski definition) is 0. The smallest absolute Gasteiger partial charge is 0.405 e. The molecule has 7 heteroatoms. The molecule has 18 heavy (non-hydrogen) atoms. The van der Waals surface area contributed by atoms with Gasteiger partial charge in [-0.05, 0) is 11.6 Å². The topological polar surface area (TPSA) is 18.5 Å². The van der Waals surface area contributed by atoms with E-state index in [0.29, 0.717) is 5.56 Å². The second-order valence-electron chi connectivity index (χ2n) is 4.17. The Hall–Kier alpha value is -0.270. The van der Waals surface area contributed by atoms with Crippen molar-refractivity contribution >= 4 is 31.9 Å². The third-order valence-electron chi connectivity index (χ3n) is 3.09. The highest BCUT2D eigenvalue weighted by Crippen LogP contribution is 2.58. The summed E-state index contributed by atoms with van der Waals surface area (Å²) in [5, 5.41) is 0. The number of fused-ring (bicyclic) bond motifs is 5. The Balaban J connectivity index is 2.05. The Labute approximate surface area is 118 Å². The fourth-order valence-electron chi connectivity index (χ4n) is 2.44. The minimum Gasteiger partial charge on any atom is -0.405 e. The van der Waals surface area contributed by atoms with Crippen LogP contribution in [0.2, 0.25) is 0 Å². The number of benzene rings is 1. The molecule has 4 atom stereocenters. The summed E-state index contributed by atoms with van der Waals surface area (Å²) in [6.45, 7) is 0. The van der Waals surface area contributed by atoms with Crippen molar-refractivity contribution in [2.75, 3.05) is 0 Å². The first-order valence-electron chi connectivity index (χ1n) is 5.20. The van der Waals surface area contributed by atoms with E-state index in [1.807, 2.05) is 0 Å². The van der Waals surface area contributed by atoms with E-state index in [4.69, 9.17) is 4.74 Å². The molecule has 0 spiro atoms. The minimum absolute atomic E-state index is 0.0520. The molecule has 0 amide bonds. The van der Waals surface area contributed by atoms with Crippen LogP contribution in [0.25, 0.3) is 0 Å². The van der Waals surface area contributed by atoms with Gasteiger partial charge in [-0.25, -0.2) is 0 Å². The van der Waals surface area contributed by atoms with Crippen LogP contribution in [0.4, 0.5) is 13.2 Å². The highest BCUT2D eigenvalue weighted by Gasteiger charge is 2.52. The van der Waals surface area contributed by atoms with Gasteiger partial charge in [0.05, 0.1) is 15.8 Å². The summed E-state index contributed by atoms with van der Waals surface area (Å²) in [5.74, 6) is -0.170. The highest BCUT2D eigenvalue weighted by molar-refractivity contribution is 9.12. The average molecular weight is 388 g/mol. The van der Waals surface area contributed by atoms with Gasteiger partial charge in [0.25, 0.3) is 0 Å². The number of hydrogen-bond acceptors (Lipinski definition) is 2. The van der Waals surface area contributed by atoms with Crippen molar-refractivity contribution in [3.8, 4) is 5.75 Å². The van der Waals surface area contributed by atoms with Crippen LogP contribution in [0.1, 0.15) is 23.3 Å². The summed E-state index contributed by atoms with van der Waals surface area (Å²) in [4.78, 5) is -0.0101. The second kappa shape index (κ2) is 4.11. The van der Waals surface area contributed by atoms with Crippen molar-refractivity contribution in [2.45, 2.75) is 28.2 Å². The van der Waals surface area contributed by atoms with Crippen LogP contribution in [0.3, 0.4) is 0 Å². The maximum absolute atomic E-state index is 12.3. The fourth-order valence-corrected chi connectivity index (χ4v) is 3.79. The SMILES string of the molecule is FC(F)(F)Oc1cccc2c1[C@@H]1O[C@H]2[C@@H](Br)[C@@H]1Br. The zero-order valence-corrected chi connectivity index (χ0v) is 11.9. The maximum Gasteiger partial charge on any atom is 0.573 e.